The fourth-order valence-corrected chi connectivity index (χ4v) is 3.87. The number of nitrogens with one attached hydrogen (secondary N) is 2. The number of phenolic OH excluding ortho intramolecular Hbond substituents is 2. The Morgan fingerprint density at radius 1 is 1.11 bits per heavy atom. The van der Waals surface area contributed by atoms with Crippen molar-refractivity contribution in [1.82, 2.24) is 5.32 Å². The van der Waals surface area contributed by atoms with Crippen LogP contribution >= 0.6 is 0 Å². The molecule has 0 saturated heterocycles. The average molecular weight is 473 g/mol. The van der Waals surface area contributed by atoms with Gasteiger partial charge in [-0.3, -0.25) is 14.9 Å². The van der Waals surface area contributed by atoms with E-state index < -0.39 is 22.8 Å². The molecule has 0 aromatic heterocycles. The van der Waals surface area contributed by atoms with Crippen LogP contribution in [0.15, 0.2) is 82.8 Å². The van der Waals surface area contributed by atoms with Gasteiger partial charge in [-0.15, -0.1) is 0 Å². The van der Waals surface area contributed by atoms with Crippen LogP contribution in [-0.2, 0) is 11.3 Å². The number of amides is 1. The lowest BCUT2D eigenvalue weighted by molar-refractivity contribution is -0.384. The van der Waals surface area contributed by atoms with Gasteiger partial charge in [0, 0.05) is 35.2 Å². The molecule has 0 aliphatic carbocycles. The van der Waals surface area contributed by atoms with Gasteiger partial charge in [-0.1, -0.05) is 36.4 Å². The molecule has 10 nitrogen and oxygen atoms in total. The van der Waals surface area contributed by atoms with Crippen molar-refractivity contribution in [3.05, 3.63) is 94.0 Å². The second kappa shape index (κ2) is 10.0. The van der Waals surface area contributed by atoms with Crippen LogP contribution < -0.4 is 10.6 Å². The summed E-state index contributed by atoms with van der Waals surface area (Å²) in [6.45, 7) is 2.04. The second-order valence-corrected chi connectivity index (χ2v) is 8.02. The smallest absolute Gasteiger partial charge is 0.271 e. The summed E-state index contributed by atoms with van der Waals surface area (Å²) in [6.07, 6.45) is 0. The molecule has 0 bridgehead atoms. The van der Waals surface area contributed by atoms with Gasteiger partial charge >= 0.3 is 0 Å². The maximum atomic E-state index is 13.3. The number of hydrogen-bond acceptors (Lipinski definition) is 6. The number of benzene rings is 3. The summed E-state index contributed by atoms with van der Waals surface area (Å²) in [7, 11) is 0. The molecule has 1 amide bonds. The maximum absolute atomic E-state index is 13.3. The van der Waals surface area contributed by atoms with Crippen molar-refractivity contribution < 1.29 is 19.9 Å². The highest BCUT2D eigenvalue weighted by Crippen LogP contribution is 2.35. The van der Waals surface area contributed by atoms with E-state index in [1.54, 1.807) is 13.0 Å². The standard InChI is InChI=1S/C25H23N5O5/c1-15-22(24(33)28-17-8-5-9-18(12-17)30(34)35)23(20-11-10-19(31)13-21(20)32)29-25(27-15)26-14-16-6-3-2-4-7-16/h2-13,22-23,31-32H,14H2,1H3,(H,26,29)(H,28,33). The minimum atomic E-state index is -0.875. The quantitative estimate of drug-likeness (QED) is 0.315. The Balaban J connectivity index is 1.67. The number of anilines is 1. The lowest BCUT2D eigenvalue weighted by atomic mass is 9.87. The molecule has 4 rings (SSSR count). The van der Waals surface area contributed by atoms with E-state index in [0.29, 0.717) is 23.8 Å². The third-order valence-electron chi connectivity index (χ3n) is 5.56. The molecule has 3 aromatic rings. The van der Waals surface area contributed by atoms with Gasteiger partial charge in [0.2, 0.25) is 11.9 Å². The highest BCUT2D eigenvalue weighted by molar-refractivity contribution is 6.14. The van der Waals surface area contributed by atoms with Crippen LogP contribution in [0.1, 0.15) is 24.1 Å². The molecule has 35 heavy (non-hydrogen) atoms. The molecule has 1 heterocycles. The molecule has 3 aromatic carbocycles. The lowest BCUT2D eigenvalue weighted by Gasteiger charge is -2.32. The molecular formula is C25H23N5O5. The zero-order valence-corrected chi connectivity index (χ0v) is 18.8. The van der Waals surface area contributed by atoms with Gasteiger partial charge in [0.15, 0.2) is 0 Å². The van der Waals surface area contributed by atoms with E-state index in [0.717, 1.165) is 5.56 Å². The molecule has 0 saturated carbocycles. The summed E-state index contributed by atoms with van der Waals surface area (Å²) in [5, 5.41) is 37.2. The van der Waals surface area contributed by atoms with E-state index in [4.69, 9.17) is 0 Å². The Labute approximate surface area is 200 Å². The van der Waals surface area contributed by atoms with Crippen molar-refractivity contribution in [2.45, 2.75) is 19.5 Å². The molecule has 1 aliphatic heterocycles. The van der Waals surface area contributed by atoms with E-state index in [1.165, 1.54) is 36.4 Å². The maximum Gasteiger partial charge on any atom is 0.271 e. The fourth-order valence-electron chi connectivity index (χ4n) is 3.87. The molecule has 0 radical (unpaired) electrons. The number of aliphatic imine (C=N–C) groups is 2. The van der Waals surface area contributed by atoms with E-state index in [9.17, 15) is 25.1 Å². The van der Waals surface area contributed by atoms with Crippen LogP contribution in [0.25, 0.3) is 0 Å². The van der Waals surface area contributed by atoms with Gasteiger partial charge in [0.1, 0.15) is 17.4 Å². The number of nitro benzene ring substituents is 1. The second-order valence-electron chi connectivity index (χ2n) is 8.02. The zero-order chi connectivity index (χ0) is 24.9. The predicted molar refractivity (Wildman–Crippen MR) is 132 cm³/mol. The van der Waals surface area contributed by atoms with E-state index in [2.05, 4.69) is 20.6 Å². The van der Waals surface area contributed by atoms with Crippen molar-refractivity contribution in [3.8, 4) is 11.5 Å². The molecular weight excluding hydrogens is 450 g/mol. The first kappa shape index (κ1) is 23.4. The minimum Gasteiger partial charge on any atom is -0.508 e. The summed E-state index contributed by atoms with van der Waals surface area (Å²) in [5.74, 6) is -1.38. The van der Waals surface area contributed by atoms with Crippen molar-refractivity contribution in [1.29, 1.82) is 0 Å². The number of carbonyl (C=O) groups is 1. The van der Waals surface area contributed by atoms with Crippen LogP contribution in [0.4, 0.5) is 11.4 Å². The first-order chi connectivity index (χ1) is 16.8. The number of non-ortho nitro benzene ring substituents is 1. The fraction of sp³-hybridized carbons (Fsp3) is 0.160. The summed E-state index contributed by atoms with van der Waals surface area (Å²) in [5.41, 5.74) is 1.89. The highest BCUT2D eigenvalue weighted by Gasteiger charge is 2.37. The summed E-state index contributed by atoms with van der Waals surface area (Å²) >= 11 is 0. The number of nitrogens with zero attached hydrogens (tertiary/aromatic N) is 3. The lowest BCUT2D eigenvalue weighted by Crippen LogP contribution is -2.46. The van der Waals surface area contributed by atoms with Crippen molar-refractivity contribution in [2.75, 3.05) is 5.32 Å². The van der Waals surface area contributed by atoms with Gasteiger partial charge < -0.3 is 20.8 Å². The number of aromatic hydroxyl groups is 2. The molecule has 2 atom stereocenters. The van der Waals surface area contributed by atoms with Crippen molar-refractivity contribution >= 4 is 29.0 Å². The molecule has 1 aliphatic rings. The monoisotopic (exact) mass is 473 g/mol. The Kier molecular flexibility index (Phi) is 6.72. The van der Waals surface area contributed by atoms with Crippen LogP contribution in [0.3, 0.4) is 0 Å². The molecule has 2 unspecified atom stereocenters. The van der Waals surface area contributed by atoms with Crippen molar-refractivity contribution in [2.24, 2.45) is 15.9 Å². The van der Waals surface area contributed by atoms with E-state index in [1.807, 2.05) is 30.3 Å². The third kappa shape index (κ3) is 5.44. The first-order valence-corrected chi connectivity index (χ1v) is 10.8. The Hall–Kier alpha value is -4.73. The number of carbonyl (C=O) groups excluding carboxylic acids is 1. The van der Waals surface area contributed by atoms with Gasteiger partial charge in [-0.25, -0.2) is 9.98 Å². The van der Waals surface area contributed by atoms with Crippen molar-refractivity contribution in [3.63, 3.8) is 0 Å². The largest absolute Gasteiger partial charge is 0.508 e. The Morgan fingerprint density at radius 3 is 2.60 bits per heavy atom. The third-order valence-corrected chi connectivity index (χ3v) is 5.56. The molecule has 0 fully saturated rings. The van der Waals surface area contributed by atoms with Crippen LogP contribution in [0, 0.1) is 16.0 Å². The first-order valence-electron chi connectivity index (χ1n) is 10.8. The van der Waals surface area contributed by atoms with Crippen LogP contribution in [-0.4, -0.2) is 32.7 Å². The normalized spacial score (nSPS) is 18.4. The Bertz CT molecular complexity index is 1320. The van der Waals surface area contributed by atoms with Gasteiger partial charge in [0.25, 0.3) is 5.69 Å². The number of nitro groups is 1. The van der Waals surface area contributed by atoms with Crippen LogP contribution in [0.2, 0.25) is 0 Å². The summed E-state index contributed by atoms with van der Waals surface area (Å²) in [4.78, 5) is 32.9. The zero-order valence-electron chi connectivity index (χ0n) is 18.8. The summed E-state index contributed by atoms with van der Waals surface area (Å²) < 4.78 is 0. The number of guanidine groups is 1. The topological polar surface area (TPSA) is 149 Å². The number of phenols is 2. The number of hydrogen-bond donors (Lipinski definition) is 4. The van der Waals surface area contributed by atoms with Gasteiger partial charge in [-0.2, -0.15) is 0 Å². The Morgan fingerprint density at radius 2 is 1.89 bits per heavy atom. The van der Waals surface area contributed by atoms with Crippen LogP contribution in [0.5, 0.6) is 11.5 Å². The minimum absolute atomic E-state index is 0.122. The molecule has 4 N–H and O–H groups in total. The van der Waals surface area contributed by atoms with Gasteiger partial charge in [-0.05, 0) is 30.7 Å². The molecule has 10 heteroatoms. The average Bonchev–Trinajstić information content (AvgIpc) is 2.83. The van der Waals surface area contributed by atoms with E-state index >= 15 is 0 Å². The molecule has 178 valence electrons. The van der Waals surface area contributed by atoms with E-state index in [-0.39, 0.29) is 22.9 Å². The summed E-state index contributed by atoms with van der Waals surface area (Å²) in [6, 6.07) is 18.6. The van der Waals surface area contributed by atoms with Gasteiger partial charge in [0.05, 0.1) is 17.5 Å². The SMILES string of the molecule is CC1=NC(=NCc2ccccc2)NC(c2ccc(O)cc2O)C1C(=O)Nc1cccc([N+](=O)[O-])c1. The number of rotatable bonds is 6. The predicted octanol–water partition coefficient (Wildman–Crippen LogP) is 3.92. The molecule has 0 spiro atoms. The highest BCUT2D eigenvalue weighted by atomic mass is 16.6.